The van der Waals surface area contributed by atoms with E-state index in [9.17, 15) is 13.6 Å². The van der Waals surface area contributed by atoms with Gasteiger partial charge in [0.15, 0.2) is 11.5 Å². The number of nitrogens with zero attached hydrogens (tertiary/aromatic N) is 3. The minimum atomic E-state index is -3.78. The maximum absolute atomic E-state index is 13.3. The third kappa shape index (κ3) is 5.56. The van der Waals surface area contributed by atoms with Gasteiger partial charge in [-0.3, -0.25) is 4.79 Å². The molecule has 0 atom stereocenters. The first kappa shape index (κ1) is 24.7. The zero-order chi connectivity index (χ0) is 26.0. The number of nitrogens with one attached hydrogen (secondary N) is 1. The molecule has 4 heterocycles. The lowest BCUT2D eigenvalue weighted by Gasteiger charge is -2.28. The second-order valence-corrected chi connectivity index (χ2v) is 8.67. The van der Waals surface area contributed by atoms with E-state index in [2.05, 4.69) is 24.7 Å². The number of carbonyl (C=O) groups excluding carboxylic acids is 1. The first-order valence-electron chi connectivity index (χ1n) is 12.0. The number of halogens is 2. The molecule has 2 aliphatic rings. The van der Waals surface area contributed by atoms with Crippen LogP contribution in [0.25, 0.3) is 11.1 Å². The maximum atomic E-state index is 13.3. The van der Waals surface area contributed by atoms with Crippen molar-refractivity contribution in [3.05, 3.63) is 53.9 Å². The predicted octanol–water partition coefficient (Wildman–Crippen LogP) is 4.65. The van der Waals surface area contributed by atoms with Gasteiger partial charge in [0.05, 0.1) is 26.0 Å². The van der Waals surface area contributed by atoms with Gasteiger partial charge in [-0.15, -0.1) is 8.78 Å². The normalized spacial score (nSPS) is 15.9. The van der Waals surface area contributed by atoms with Gasteiger partial charge < -0.3 is 29.2 Å². The number of morpholine rings is 1. The summed E-state index contributed by atoms with van der Waals surface area (Å²) < 4.78 is 46.7. The van der Waals surface area contributed by atoms with Crippen molar-refractivity contribution < 1.29 is 32.5 Å². The van der Waals surface area contributed by atoms with Crippen LogP contribution in [-0.4, -0.2) is 55.1 Å². The van der Waals surface area contributed by atoms with Crippen LogP contribution in [-0.2, 0) is 4.74 Å². The standard InChI is InChI=1S/C26H26F2N4O5/c1-3-8-35-24-12-17(11-23(31-24)32-6-9-34-10-7-32)19-13-18(5-4-16(19)2)30-25(33)20-14-21-22(15-29-20)37-26(27,28)36-21/h4-5,11-15H,3,6-10H2,1-2H3,(H,30,33). The lowest BCUT2D eigenvalue weighted by molar-refractivity contribution is -0.286. The molecule has 3 aromatic rings. The van der Waals surface area contributed by atoms with Crippen molar-refractivity contribution in [3.8, 4) is 28.5 Å². The molecular weight excluding hydrogens is 486 g/mol. The Kier molecular flexibility index (Phi) is 6.79. The van der Waals surface area contributed by atoms with Crippen LogP contribution in [0.1, 0.15) is 29.4 Å². The van der Waals surface area contributed by atoms with Crippen LogP contribution in [0.3, 0.4) is 0 Å². The predicted molar refractivity (Wildman–Crippen MR) is 132 cm³/mol. The molecule has 9 nitrogen and oxygen atoms in total. The zero-order valence-corrected chi connectivity index (χ0v) is 20.4. The Morgan fingerprint density at radius 1 is 1.14 bits per heavy atom. The number of hydrogen-bond donors (Lipinski definition) is 1. The minimum Gasteiger partial charge on any atom is -0.478 e. The molecule has 0 saturated carbocycles. The second-order valence-electron chi connectivity index (χ2n) is 8.67. The molecule has 1 saturated heterocycles. The van der Waals surface area contributed by atoms with Gasteiger partial charge in [0.2, 0.25) is 5.88 Å². The van der Waals surface area contributed by atoms with Crippen molar-refractivity contribution in [2.24, 2.45) is 0 Å². The van der Waals surface area contributed by atoms with E-state index in [1.165, 1.54) is 0 Å². The number of aromatic nitrogens is 2. The number of benzene rings is 1. The second kappa shape index (κ2) is 10.2. The highest BCUT2D eigenvalue weighted by Gasteiger charge is 2.44. The quantitative estimate of drug-likeness (QED) is 0.489. The zero-order valence-electron chi connectivity index (χ0n) is 20.4. The van der Waals surface area contributed by atoms with Crippen LogP contribution in [0.4, 0.5) is 20.3 Å². The van der Waals surface area contributed by atoms with Crippen molar-refractivity contribution in [1.82, 2.24) is 9.97 Å². The molecule has 2 aliphatic heterocycles. The van der Waals surface area contributed by atoms with E-state index in [0.717, 1.165) is 54.3 Å². The Balaban J connectivity index is 1.42. The van der Waals surface area contributed by atoms with Gasteiger partial charge >= 0.3 is 6.29 Å². The van der Waals surface area contributed by atoms with E-state index in [4.69, 9.17) is 14.5 Å². The molecule has 194 valence electrons. The topological polar surface area (TPSA) is 95.0 Å². The molecule has 2 aromatic heterocycles. The van der Waals surface area contributed by atoms with Crippen molar-refractivity contribution in [1.29, 1.82) is 0 Å². The summed E-state index contributed by atoms with van der Waals surface area (Å²) in [6, 6.07) is 10.5. The number of alkyl halides is 2. The molecule has 0 aliphatic carbocycles. The molecule has 0 spiro atoms. The highest BCUT2D eigenvalue weighted by molar-refractivity contribution is 6.03. The van der Waals surface area contributed by atoms with Crippen LogP contribution in [0.15, 0.2) is 42.6 Å². The Morgan fingerprint density at radius 2 is 1.92 bits per heavy atom. The maximum Gasteiger partial charge on any atom is 0.586 e. The van der Waals surface area contributed by atoms with E-state index < -0.39 is 12.2 Å². The van der Waals surface area contributed by atoms with E-state index in [-0.39, 0.29) is 17.2 Å². The molecule has 5 rings (SSSR count). The van der Waals surface area contributed by atoms with E-state index in [0.29, 0.717) is 31.4 Å². The molecule has 37 heavy (non-hydrogen) atoms. The fourth-order valence-electron chi connectivity index (χ4n) is 4.07. The fraction of sp³-hybridized carbons (Fsp3) is 0.346. The summed E-state index contributed by atoms with van der Waals surface area (Å²) in [6.07, 6.45) is -1.89. The van der Waals surface area contributed by atoms with E-state index in [1.54, 1.807) is 6.07 Å². The average molecular weight is 513 g/mol. The van der Waals surface area contributed by atoms with Crippen LogP contribution in [0, 0.1) is 6.92 Å². The number of ether oxygens (including phenoxy) is 4. The van der Waals surface area contributed by atoms with Crippen LogP contribution < -0.4 is 24.4 Å². The van der Waals surface area contributed by atoms with Crippen molar-refractivity contribution in [2.75, 3.05) is 43.1 Å². The van der Waals surface area contributed by atoms with Gasteiger partial charge in [-0.25, -0.2) is 4.98 Å². The number of anilines is 2. The minimum absolute atomic E-state index is 0.0871. The van der Waals surface area contributed by atoms with Gasteiger partial charge in [-0.2, -0.15) is 4.98 Å². The average Bonchev–Trinajstić information content (AvgIpc) is 3.21. The number of carbonyl (C=O) groups is 1. The van der Waals surface area contributed by atoms with Crippen molar-refractivity contribution >= 4 is 17.4 Å². The lowest BCUT2D eigenvalue weighted by Crippen LogP contribution is -2.36. The molecule has 0 bridgehead atoms. The van der Waals surface area contributed by atoms with Crippen molar-refractivity contribution in [2.45, 2.75) is 26.6 Å². The third-order valence-corrected chi connectivity index (χ3v) is 5.91. The van der Waals surface area contributed by atoms with Crippen molar-refractivity contribution in [3.63, 3.8) is 0 Å². The van der Waals surface area contributed by atoms with Crippen LogP contribution >= 0.6 is 0 Å². The first-order valence-corrected chi connectivity index (χ1v) is 12.0. The largest absolute Gasteiger partial charge is 0.586 e. The number of fused-ring (bicyclic) bond motifs is 1. The third-order valence-electron chi connectivity index (χ3n) is 5.91. The highest BCUT2D eigenvalue weighted by atomic mass is 19.3. The van der Waals surface area contributed by atoms with Gasteiger partial charge in [0.25, 0.3) is 5.91 Å². The summed E-state index contributed by atoms with van der Waals surface area (Å²) in [5, 5.41) is 2.78. The summed E-state index contributed by atoms with van der Waals surface area (Å²) in [5.74, 6) is 0.265. The molecule has 0 radical (unpaired) electrons. The summed E-state index contributed by atoms with van der Waals surface area (Å²) in [6.45, 7) is 7.26. The Hall–Kier alpha value is -3.99. The van der Waals surface area contributed by atoms with E-state index in [1.807, 2.05) is 38.1 Å². The molecule has 1 fully saturated rings. The molecule has 1 aromatic carbocycles. The first-order chi connectivity index (χ1) is 17.8. The fourth-order valence-corrected chi connectivity index (χ4v) is 4.07. The molecule has 1 amide bonds. The summed E-state index contributed by atoms with van der Waals surface area (Å²) in [7, 11) is 0. The molecular formula is C26H26F2N4O5. The monoisotopic (exact) mass is 512 g/mol. The number of rotatable bonds is 7. The summed E-state index contributed by atoms with van der Waals surface area (Å²) in [4.78, 5) is 23.6. The van der Waals surface area contributed by atoms with Gasteiger partial charge in [-0.1, -0.05) is 13.0 Å². The lowest BCUT2D eigenvalue weighted by atomic mass is 10.00. The molecule has 1 N–H and O–H groups in total. The van der Waals surface area contributed by atoms with Crippen LogP contribution in [0.5, 0.6) is 17.4 Å². The molecule has 0 unspecified atom stereocenters. The van der Waals surface area contributed by atoms with Crippen LogP contribution in [0.2, 0.25) is 0 Å². The number of pyridine rings is 2. The van der Waals surface area contributed by atoms with Gasteiger partial charge in [0, 0.05) is 30.9 Å². The SMILES string of the molecule is CCCOc1cc(-c2cc(NC(=O)c3cc4c(cn3)OC(F)(F)O4)ccc2C)cc(N2CCOCC2)n1. The smallest absolute Gasteiger partial charge is 0.478 e. The number of hydrogen-bond acceptors (Lipinski definition) is 8. The Bertz CT molecular complexity index is 1310. The summed E-state index contributed by atoms with van der Waals surface area (Å²) in [5.41, 5.74) is 3.18. The number of amides is 1. The number of aryl methyl sites for hydroxylation is 1. The highest BCUT2D eigenvalue weighted by Crippen LogP contribution is 2.40. The molecule has 11 heteroatoms. The Labute approximate surface area is 212 Å². The Morgan fingerprint density at radius 3 is 2.70 bits per heavy atom. The van der Waals surface area contributed by atoms with Gasteiger partial charge in [-0.05, 0) is 48.2 Å². The van der Waals surface area contributed by atoms with E-state index >= 15 is 0 Å². The summed E-state index contributed by atoms with van der Waals surface area (Å²) >= 11 is 0. The van der Waals surface area contributed by atoms with Gasteiger partial charge in [0.1, 0.15) is 11.5 Å².